The van der Waals surface area contributed by atoms with Crippen molar-refractivity contribution in [3.8, 4) is 5.69 Å². The van der Waals surface area contributed by atoms with Gasteiger partial charge in [-0.3, -0.25) is 9.69 Å². The molecule has 7 heteroatoms. The maximum absolute atomic E-state index is 13.9. The van der Waals surface area contributed by atoms with Crippen LogP contribution in [0.15, 0.2) is 60.9 Å². The summed E-state index contributed by atoms with van der Waals surface area (Å²) in [6.45, 7) is 3.36. The molecule has 0 radical (unpaired) electrons. The van der Waals surface area contributed by atoms with Crippen molar-refractivity contribution >= 4 is 17.5 Å². The maximum Gasteiger partial charge on any atom is 0.257 e. The molecular formula is C22H22ClFN4O. The molecule has 1 aliphatic rings. The molecule has 3 aromatic rings. The van der Waals surface area contributed by atoms with E-state index in [-0.39, 0.29) is 11.7 Å². The van der Waals surface area contributed by atoms with Crippen LogP contribution in [0, 0.1) is 5.82 Å². The van der Waals surface area contributed by atoms with E-state index < -0.39 is 0 Å². The molecule has 0 saturated carbocycles. The average Bonchev–Trinajstić information content (AvgIpc) is 3.10. The molecule has 29 heavy (non-hydrogen) atoms. The molecule has 0 unspecified atom stereocenters. The zero-order valence-corrected chi connectivity index (χ0v) is 16.7. The van der Waals surface area contributed by atoms with Gasteiger partial charge in [-0.25, -0.2) is 9.07 Å². The molecule has 1 aromatic heterocycles. The Hall–Kier alpha value is -2.70. The van der Waals surface area contributed by atoms with E-state index in [2.05, 4.69) is 10.00 Å². The predicted octanol–water partition coefficient (Wildman–Crippen LogP) is 4.01. The smallest absolute Gasteiger partial charge is 0.257 e. The second-order valence-electron chi connectivity index (χ2n) is 7.14. The number of amides is 1. The van der Waals surface area contributed by atoms with Crippen LogP contribution in [0.4, 0.5) is 4.39 Å². The highest BCUT2D eigenvalue weighted by Gasteiger charge is 2.22. The predicted molar refractivity (Wildman–Crippen MR) is 111 cm³/mol. The van der Waals surface area contributed by atoms with E-state index in [1.54, 1.807) is 29.2 Å². The summed E-state index contributed by atoms with van der Waals surface area (Å²) in [5, 5.41) is 4.88. The van der Waals surface area contributed by atoms with E-state index in [4.69, 9.17) is 11.6 Å². The molecule has 1 aliphatic heterocycles. The summed E-state index contributed by atoms with van der Waals surface area (Å²) in [4.78, 5) is 17.0. The molecule has 0 aliphatic carbocycles. The Morgan fingerprint density at radius 1 is 1.03 bits per heavy atom. The Morgan fingerprint density at radius 2 is 1.83 bits per heavy atom. The van der Waals surface area contributed by atoms with Gasteiger partial charge in [0.25, 0.3) is 5.91 Å². The van der Waals surface area contributed by atoms with E-state index in [0.29, 0.717) is 42.3 Å². The number of nitrogens with zero attached hydrogens (tertiary/aromatic N) is 4. The van der Waals surface area contributed by atoms with Crippen LogP contribution in [0.2, 0.25) is 5.02 Å². The minimum absolute atomic E-state index is 0.0453. The molecule has 1 saturated heterocycles. The molecule has 2 aromatic carbocycles. The second kappa shape index (κ2) is 8.76. The van der Waals surface area contributed by atoms with Gasteiger partial charge in [-0.2, -0.15) is 5.10 Å². The highest BCUT2D eigenvalue weighted by atomic mass is 35.5. The summed E-state index contributed by atoms with van der Waals surface area (Å²) in [6, 6.07) is 14.2. The lowest BCUT2D eigenvalue weighted by Gasteiger charge is -2.22. The molecular weight excluding hydrogens is 391 g/mol. The van der Waals surface area contributed by atoms with Gasteiger partial charge in [0.1, 0.15) is 5.82 Å². The van der Waals surface area contributed by atoms with Gasteiger partial charge < -0.3 is 4.90 Å². The number of hydrogen-bond acceptors (Lipinski definition) is 3. The van der Waals surface area contributed by atoms with Crippen LogP contribution in [0.3, 0.4) is 0 Å². The number of hydrogen-bond donors (Lipinski definition) is 0. The molecule has 2 heterocycles. The summed E-state index contributed by atoms with van der Waals surface area (Å²) in [5.74, 6) is -0.229. The highest BCUT2D eigenvalue weighted by molar-refractivity contribution is 6.32. The zero-order chi connectivity index (χ0) is 20.2. The molecule has 4 rings (SSSR count). The fraction of sp³-hybridized carbons (Fsp3) is 0.273. The van der Waals surface area contributed by atoms with Crippen LogP contribution >= 0.6 is 11.6 Å². The summed E-state index contributed by atoms with van der Waals surface area (Å²) in [7, 11) is 0. The lowest BCUT2D eigenvalue weighted by Crippen LogP contribution is -2.35. The van der Waals surface area contributed by atoms with Gasteiger partial charge in [-0.1, -0.05) is 41.9 Å². The average molecular weight is 413 g/mol. The lowest BCUT2D eigenvalue weighted by molar-refractivity contribution is 0.0761. The molecule has 1 fully saturated rings. The Morgan fingerprint density at radius 3 is 2.66 bits per heavy atom. The van der Waals surface area contributed by atoms with Gasteiger partial charge in [0.2, 0.25) is 0 Å². The van der Waals surface area contributed by atoms with Crippen molar-refractivity contribution in [3.63, 3.8) is 0 Å². The van der Waals surface area contributed by atoms with Crippen molar-refractivity contribution in [1.82, 2.24) is 19.6 Å². The SMILES string of the molecule is O=C(c1cnn(-c2ccccc2Cl)c1)N1CCCN(Cc2ccccc2F)CC1. The molecule has 0 bridgehead atoms. The Labute approximate surface area is 174 Å². The second-order valence-corrected chi connectivity index (χ2v) is 7.55. The van der Waals surface area contributed by atoms with Crippen LogP contribution in [-0.4, -0.2) is 51.7 Å². The van der Waals surface area contributed by atoms with Gasteiger partial charge in [-0.05, 0) is 24.6 Å². The van der Waals surface area contributed by atoms with Gasteiger partial charge in [0.05, 0.1) is 22.5 Å². The van der Waals surface area contributed by atoms with Crippen molar-refractivity contribution in [3.05, 3.63) is 82.9 Å². The normalized spacial score (nSPS) is 15.3. The Bertz CT molecular complexity index is 1010. The number of benzene rings is 2. The minimum atomic E-state index is -0.184. The van der Waals surface area contributed by atoms with Crippen molar-refractivity contribution in [2.45, 2.75) is 13.0 Å². The number of aromatic nitrogens is 2. The molecule has 1 amide bonds. The molecule has 0 N–H and O–H groups in total. The maximum atomic E-state index is 13.9. The molecule has 0 spiro atoms. The number of rotatable bonds is 4. The first-order chi connectivity index (χ1) is 14.1. The quantitative estimate of drug-likeness (QED) is 0.650. The van der Waals surface area contributed by atoms with Gasteiger partial charge in [0.15, 0.2) is 0 Å². The van der Waals surface area contributed by atoms with E-state index in [0.717, 1.165) is 18.7 Å². The van der Waals surface area contributed by atoms with Crippen molar-refractivity contribution in [2.75, 3.05) is 26.2 Å². The van der Waals surface area contributed by atoms with Crippen LogP contribution in [-0.2, 0) is 6.54 Å². The number of halogens is 2. The first-order valence-electron chi connectivity index (χ1n) is 9.66. The van der Waals surface area contributed by atoms with Crippen molar-refractivity contribution in [1.29, 1.82) is 0 Å². The van der Waals surface area contributed by atoms with Crippen LogP contribution in [0.25, 0.3) is 5.69 Å². The van der Waals surface area contributed by atoms with Crippen LogP contribution < -0.4 is 0 Å². The van der Waals surface area contributed by atoms with E-state index in [9.17, 15) is 9.18 Å². The van der Waals surface area contributed by atoms with Gasteiger partial charge in [0, 0.05) is 44.5 Å². The lowest BCUT2D eigenvalue weighted by atomic mass is 10.2. The number of carbonyl (C=O) groups excluding carboxylic acids is 1. The first-order valence-corrected chi connectivity index (χ1v) is 10.0. The largest absolute Gasteiger partial charge is 0.337 e. The fourth-order valence-electron chi connectivity index (χ4n) is 3.58. The molecule has 5 nitrogen and oxygen atoms in total. The van der Waals surface area contributed by atoms with E-state index >= 15 is 0 Å². The zero-order valence-electron chi connectivity index (χ0n) is 16.0. The van der Waals surface area contributed by atoms with E-state index in [1.165, 1.54) is 6.07 Å². The summed E-state index contributed by atoms with van der Waals surface area (Å²) < 4.78 is 15.6. The fourth-order valence-corrected chi connectivity index (χ4v) is 3.81. The molecule has 150 valence electrons. The number of para-hydroxylation sites is 1. The van der Waals surface area contributed by atoms with Crippen molar-refractivity contribution < 1.29 is 9.18 Å². The summed E-state index contributed by atoms with van der Waals surface area (Å²) in [5.41, 5.74) is 1.96. The summed E-state index contributed by atoms with van der Waals surface area (Å²) in [6.07, 6.45) is 4.14. The third-order valence-electron chi connectivity index (χ3n) is 5.16. The monoisotopic (exact) mass is 412 g/mol. The van der Waals surface area contributed by atoms with Gasteiger partial charge >= 0.3 is 0 Å². The van der Waals surface area contributed by atoms with Crippen molar-refractivity contribution in [2.24, 2.45) is 0 Å². The Kier molecular flexibility index (Phi) is 5.92. The van der Waals surface area contributed by atoms with Gasteiger partial charge in [-0.15, -0.1) is 0 Å². The third-order valence-corrected chi connectivity index (χ3v) is 5.48. The van der Waals surface area contributed by atoms with Crippen LogP contribution in [0.1, 0.15) is 22.3 Å². The standard InChI is InChI=1S/C22H22ClFN4O/c23-19-7-2-4-9-21(19)28-16-18(14-25-28)22(29)27-11-5-10-26(12-13-27)15-17-6-1-3-8-20(17)24/h1-4,6-9,14,16H,5,10-13,15H2. The summed E-state index contributed by atoms with van der Waals surface area (Å²) >= 11 is 6.22. The Balaban J connectivity index is 1.41. The first kappa shape index (κ1) is 19.6. The topological polar surface area (TPSA) is 41.4 Å². The van der Waals surface area contributed by atoms with Crippen LogP contribution in [0.5, 0.6) is 0 Å². The number of carbonyl (C=O) groups is 1. The third kappa shape index (κ3) is 4.49. The van der Waals surface area contributed by atoms with E-state index in [1.807, 2.05) is 35.2 Å². The molecule has 0 atom stereocenters. The highest BCUT2D eigenvalue weighted by Crippen LogP contribution is 2.20. The minimum Gasteiger partial charge on any atom is -0.337 e.